The number of alkyl halides is 2. The van der Waals surface area contributed by atoms with Crippen molar-refractivity contribution in [2.24, 2.45) is 11.8 Å². The van der Waals surface area contributed by atoms with E-state index in [9.17, 15) is 17.2 Å². The molecular weight excluding hydrogens is 486 g/mol. The highest BCUT2D eigenvalue weighted by molar-refractivity contribution is 7.89. The van der Waals surface area contributed by atoms with Crippen LogP contribution in [0.25, 0.3) is 16.3 Å². The number of hydrogen-bond acceptors (Lipinski definition) is 8. The smallest absolute Gasteiger partial charge is 0.291 e. The normalized spacial score (nSPS) is 24.2. The fourth-order valence-electron chi connectivity index (χ4n) is 4.76. The van der Waals surface area contributed by atoms with Crippen LogP contribution in [0.3, 0.4) is 0 Å². The van der Waals surface area contributed by atoms with E-state index in [-0.39, 0.29) is 14.9 Å². The van der Waals surface area contributed by atoms with Crippen molar-refractivity contribution >= 4 is 32.7 Å². The number of fused-ring (bicyclic) bond motifs is 2. The number of rotatable bonds is 6. The van der Waals surface area contributed by atoms with E-state index in [0.29, 0.717) is 35.5 Å². The van der Waals surface area contributed by atoms with Gasteiger partial charge >= 0.3 is 0 Å². The van der Waals surface area contributed by atoms with Gasteiger partial charge in [0.05, 0.1) is 18.5 Å². The highest BCUT2D eigenvalue weighted by atomic mass is 32.2. The zero-order valence-electron chi connectivity index (χ0n) is 18.4. The molecule has 3 aliphatic rings. The molecule has 2 atom stereocenters. The summed E-state index contributed by atoms with van der Waals surface area (Å²) < 4.78 is 62.9. The summed E-state index contributed by atoms with van der Waals surface area (Å²) in [5, 5.41) is 7.36. The molecule has 13 heteroatoms. The van der Waals surface area contributed by atoms with Crippen LogP contribution in [0, 0.1) is 11.8 Å². The summed E-state index contributed by atoms with van der Waals surface area (Å²) in [6, 6.07) is 1.67. The molecule has 0 aromatic carbocycles. The van der Waals surface area contributed by atoms with Gasteiger partial charge in [0.15, 0.2) is 15.7 Å². The van der Waals surface area contributed by atoms with Crippen LogP contribution in [-0.4, -0.2) is 59.8 Å². The average molecular weight is 511 g/mol. The quantitative estimate of drug-likeness (QED) is 0.544. The van der Waals surface area contributed by atoms with Crippen molar-refractivity contribution in [2.45, 2.75) is 43.0 Å². The number of pyridine rings is 1. The molecule has 34 heavy (non-hydrogen) atoms. The van der Waals surface area contributed by atoms with Crippen LogP contribution >= 0.6 is 11.3 Å². The van der Waals surface area contributed by atoms with Gasteiger partial charge in [-0.1, -0.05) is 11.3 Å². The molecule has 182 valence electrons. The van der Waals surface area contributed by atoms with Crippen molar-refractivity contribution in [3.63, 3.8) is 0 Å². The third kappa shape index (κ3) is 3.88. The fraction of sp³-hybridized carbons (Fsp3) is 0.571. The molecule has 9 nitrogen and oxygen atoms in total. The molecule has 2 aliphatic heterocycles. The van der Waals surface area contributed by atoms with Crippen molar-refractivity contribution in [1.29, 1.82) is 0 Å². The molecule has 2 saturated heterocycles. The standard InChI is InChI=1S/C21H24F2N6O3S2/c1-21(3-4-21)27-34(30,31)14-6-15(28-5-2-12-10-32-11-13(12)8-28)18-24-7-16(29(18)9-14)19-25-26-20(33-19)17(22)23/h6-7,9,12-13,17,27H,2-5,8,10-11H2,1H3/t12-,13-/m1/s1. The van der Waals surface area contributed by atoms with E-state index in [2.05, 4.69) is 24.8 Å². The number of anilines is 1. The zero-order valence-corrected chi connectivity index (χ0v) is 20.1. The lowest BCUT2D eigenvalue weighted by atomic mass is 9.88. The Labute approximate surface area is 199 Å². The number of hydrogen-bond donors (Lipinski definition) is 1. The maximum Gasteiger partial charge on any atom is 0.291 e. The Morgan fingerprint density at radius 1 is 1.26 bits per heavy atom. The van der Waals surface area contributed by atoms with Crippen molar-refractivity contribution < 1.29 is 21.9 Å². The number of sulfonamides is 1. The van der Waals surface area contributed by atoms with E-state index >= 15 is 0 Å². The lowest BCUT2D eigenvalue weighted by molar-refractivity contribution is 0.150. The van der Waals surface area contributed by atoms with Gasteiger partial charge < -0.3 is 9.64 Å². The maximum atomic E-state index is 13.3. The first-order valence-electron chi connectivity index (χ1n) is 11.2. The maximum absolute atomic E-state index is 13.3. The Hall–Kier alpha value is -2.22. The van der Waals surface area contributed by atoms with E-state index in [1.807, 2.05) is 6.92 Å². The first kappa shape index (κ1) is 22.3. The number of nitrogens with one attached hydrogen (secondary N) is 1. The fourth-order valence-corrected chi connectivity index (χ4v) is 6.95. The third-order valence-electron chi connectivity index (χ3n) is 6.99. The Kier molecular flexibility index (Phi) is 5.17. The van der Waals surface area contributed by atoms with E-state index < -0.39 is 22.0 Å². The van der Waals surface area contributed by atoms with E-state index in [0.717, 1.165) is 50.3 Å². The van der Waals surface area contributed by atoms with Crippen LogP contribution in [0.5, 0.6) is 0 Å². The van der Waals surface area contributed by atoms with Gasteiger partial charge in [0.1, 0.15) is 10.6 Å². The molecule has 5 heterocycles. The molecule has 0 spiro atoms. The zero-order chi connectivity index (χ0) is 23.7. The molecule has 3 aromatic heterocycles. The molecule has 6 rings (SSSR count). The number of ether oxygens (including phenoxy) is 1. The number of halogens is 2. The first-order chi connectivity index (χ1) is 16.2. The van der Waals surface area contributed by atoms with Crippen molar-refractivity contribution in [3.05, 3.63) is 23.5 Å². The predicted octanol–water partition coefficient (Wildman–Crippen LogP) is 3.09. The van der Waals surface area contributed by atoms with Gasteiger partial charge in [-0.3, -0.25) is 4.40 Å². The van der Waals surface area contributed by atoms with Crippen molar-refractivity contribution in [3.8, 4) is 10.7 Å². The number of aromatic nitrogens is 4. The van der Waals surface area contributed by atoms with Crippen LogP contribution in [-0.2, 0) is 14.8 Å². The van der Waals surface area contributed by atoms with Gasteiger partial charge in [-0.2, -0.15) is 0 Å². The molecule has 0 unspecified atom stereocenters. The predicted molar refractivity (Wildman–Crippen MR) is 122 cm³/mol. The molecule has 3 fully saturated rings. The summed E-state index contributed by atoms with van der Waals surface area (Å²) in [7, 11) is -3.81. The van der Waals surface area contributed by atoms with Crippen LogP contribution in [0.1, 0.15) is 37.6 Å². The third-order valence-corrected chi connectivity index (χ3v) is 9.55. The highest BCUT2D eigenvalue weighted by Gasteiger charge is 2.42. The van der Waals surface area contributed by atoms with Gasteiger partial charge in [0.2, 0.25) is 10.0 Å². The molecule has 0 radical (unpaired) electrons. The topological polar surface area (TPSA) is 102 Å². The number of imidazole rings is 1. The molecule has 3 aromatic rings. The van der Waals surface area contributed by atoms with E-state index in [1.54, 1.807) is 10.5 Å². The Morgan fingerprint density at radius 2 is 2.06 bits per heavy atom. The monoisotopic (exact) mass is 510 g/mol. The van der Waals surface area contributed by atoms with Crippen molar-refractivity contribution in [2.75, 3.05) is 31.2 Å². The van der Waals surface area contributed by atoms with Gasteiger partial charge in [0.25, 0.3) is 6.43 Å². The minimum Gasteiger partial charge on any atom is -0.381 e. The second-order valence-corrected chi connectivity index (χ2v) is 12.3. The molecule has 1 saturated carbocycles. The molecular formula is C21H24F2N6O3S2. The number of nitrogens with zero attached hydrogens (tertiary/aromatic N) is 5. The van der Waals surface area contributed by atoms with Gasteiger partial charge in [0, 0.05) is 37.4 Å². The van der Waals surface area contributed by atoms with E-state index in [4.69, 9.17) is 4.74 Å². The summed E-state index contributed by atoms with van der Waals surface area (Å²) in [6.45, 7) is 4.83. The summed E-state index contributed by atoms with van der Waals surface area (Å²) in [4.78, 5) is 6.81. The van der Waals surface area contributed by atoms with E-state index in [1.165, 1.54) is 12.4 Å². The lowest BCUT2D eigenvalue weighted by Gasteiger charge is -2.35. The molecule has 0 bridgehead atoms. The van der Waals surface area contributed by atoms with Gasteiger partial charge in [-0.05, 0) is 38.2 Å². The minimum absolute atomic E-state index is 0.103. The van der Waals surface area contributed by atoms with Crippen molar-refractivity contribution in [1.82, 2.24) is 24.3 Å². The average Bonchev–Trinajstić information content (AvgIpc) is 3.25. The van der Waals surface area contributed by atoms with Gasteiger partial charge in [-0.15, -0.1) is 10.2 Å². The van der Waals surface area contributed by atoms with Gasteiger partial charge in [-0.25, -0.2) is 26.9 Å². The molecule has 1 aliphatic carbocycles. The Morgan fingerprint density at radius 3 is 2.79 bits per heavy atom. The second kappa shape index (κ2) is 7.90. The van der Waals surface area contributed by atoms with Crippen LogP contribution < -0.4 is 9.62 Å². The summed E-state index contributed by atoms with van der Waals surface area (Å²) >= 11 is 0.773. The Balaban J connectivity index is 1.47. The van der Waals surface area contributed by atoms with Crippen LogP contribution in [0.2, 0.25) is 0 Å². The molecule has 1 N–H and O–H groups in total. The Bertz CT molecular complexity index is 1350. The minimum atomic E-state index is -3.81. The highest BCUT2D eigenvalue weighted by Crippen LogP contribution is 2.39. The van der Waals surface area contributed by atoms with Crippen LogP contribution in [0.15, 0.2) is 23.4 Å². The SMILES string of the molecule is CC1(NS(=O)(=O)c2cc(N3CC[C@@H]4COC[C@H]4C3)c3ncc(-c4nnc(C(F)F)s4)n3c2)CC1. The van der Waals surface area contributed by atoms with Crippen LogP contribution in [0.4, 0.5) is 14.5 Å². The molecule has 0 amide bonds. The largest absolute Gasteiger partial charge is 0.381 e. The summed E-state index contributed by atoms with van der Waals surface area (Å²) in [5.74, 6) is 0.892. The second-order valence-electron chi connectivity index (χ2n) is 9.60. The summed E-state index contributed by atoms with van der Waals surface area (Å²) in [6.07, 6.45) is 2.82. The number of piperidine rings is 1. The lowest BCUT2D eigenvalue weighted by Crippen LogP contribution is -2.40. The summed E-state index contributed by atoms with van der Waals surface area (Å²) in [5.41, 5.74) is 1.24. The first-order valence-corrected chi connectivity index (χ1v) is 13.5.